The second kappa shape index (κ2) is 4.13. The average molecular weight is 245 g/mol. The Kier molecular flexibility index (Phi) is 2.31. The molecule has 0 amide bonds. The number of hydrogen-bond donors (Lipinski definition) is 1. The number of rotatable bonds is 2. The Labute approximate surface area is 113 Å². The van der Waals surface area contributed by atoms with Crippen molar-refractivity contribution in [1.29, 1.82) is 0 Å². The maximum absolute atomic E-state index is 3.59. The van der Waals surface area contributed by atoms with Crippen molar-refractivity contribution in [2.75, 3.05) is 0 Å². The fourth-order valence-corrected chi connectivity index (χ4v) is 2.93. The van der Waals surface area contributed by atoms with Gasteiger partial charge in [-0.2, -0.15) is 0 Å². The monoisotopic (exact) mass is 245 g/mol. The van der Waals surface area contributed by atoms with Gasteiger partial charge in [0.2, 0.25) is 0 Å². The van der Waals surface area contributed by atoms with E-state index < -0.39 is 0 Å². The zero-order valence-electron chi connectivity index (χ0n) is 10.7. The van der Waals surface area contributed by atoms with Crippen LogP contribution in [-0.2, 0) is 12.8 Å². The van der Waals surface area contributed by atoms with Crippen molar-refractivity contribution in [3.8, 4) is 0 Å². The van der Waals surface area contributed by atoms with Gasteiger partial charge in [0.05, 0.1) is 0 Å². The first-order chi connectivity index (χ1) is 9.38. The molecule has 0 aliphatic heterocycles. The zero-order chi connectivity index (χ0) is 12.7. The van der Waals surface area contributed by atoms with Gasteiger partial charge < -0.3 is 5.32 Å². The molecule has 0 heterocycles. The van der Waals surface area contributed by atoms with Gasteiger partial charge in [0.25, 0.3) is 0 Å². The molecule has 1 heteroatoms. The largest absolute Gasteiger partial charge is 0.362 e. The number of hydrogen-bond acceptors (Lipinski definition) is 1. The molecule has 0 radical (unpaired) electrons. The van der Waals surface area contributed by atoms with Gasteiger partial charge >= 0.3 is 0 Å². The van der Waals surface area contributed by atoms with Crippen LogP contribution in [0.5, 0.6) is 0 Å². The lowest BCUT2D eigenvalue weighted by molar-refractivity contribution is 0.907. The molecule has 0 unspecified atom stereocenters. The minimum Gasteiger partial charge on any atom is -0.362 e. The molecular weight excluding hydrogens is 230 g/mol. The third-order valence-corrected chi connectivity index (χ3v) is 3.85. The number of allylic oxidation sites excluding steroid dienone is 2. The van der Waals surface area contributed by atoms with Gasteiger partial charge in [-0.15, -0.1) is 0 Å². The Balaban J connectivity index is 1.54. The minimum absolute atomic E-state index is 1.02. The van der Waals surface area contributed by atoms with Gasteiger partial charge in [-0.25, -0.2) is 0 Å². The molecular formula is C18H15N. The van der Waals surface area contributed by atoms with Gasteiger partial charge in [0.1, 0.15) is 0 Å². The molecule has 0 bridgehead atoms. The SMILES string of the molecule is C1=C(NC2=Cc3ccccc3C2)Cc2ccccc21. The predicted octanol–water partition coefficient (Wildman–Crippen LogP) is 3.77. The van der Waals surface area contributed by atoms with Crippen molar-refractivity contribution >= 4 is 12.2 Å². The number of benzene rings is 2. The Bertz CT molecular complexity index is 646. The van der Waals surface area contributed by atoms with Crippen LogP contribution < -0.4 is 5.32 Å². The second-order valence-electron chi connectivity index (χ2n) is 5.22. The van der Waals surface area contributed by atoms with Crippen LogP contribution in [0.3, 0.4) is 0 Å². The van der Waals surface area contributed by atoms with Crippen molar-refractivity contribution < 1.29 is 0 Å². The molecule has 4 rings (SSSR count). The van der Waals surface area contributed by atoms with Crippen LogP contribution in [0.15, 0.2) is 59.9 Å². The highest BCUT2D eigenvalue weighted by molar-refractivity contribution is 5.67. The second-order valence-corrected chi connectivity index (χ2v) is 5.22. The summed E-state index contributed by atoms with van der Waals surface area (Å²) in [4.78, 5) is 0. The Morgan fingerprint density at radius 1 is 0.632 bits per heavy atom. The van der Waals surface area contributed by atoms with E-state index in [0.29, 0.717) is 0 Å². The zero-order valence-corrected chi connectivity index (χ0v) is 10.7. The van der Waals surface area contributed by atoms with Crippen molar-refractivity contribution in [1.82, 2.24) is 5.32 Å². The first kappa shape index (κ1) is 10.6. The molecule has 92 valence electrons. The van der Waals surface area contributed by atoms with E-state index in [1.165, 1.54) is 33.6 Å². The summed E-state index contributed by atoms with van der Waals surface area (Å²) in [5.41, 5.74) is 8.14. The van der Waals surface area contributed by atoms with E-state index in [4.69, 9.17) is 0 Å². The highest BCUT2D eigenvalue weighted by Crippen LogP contribution is 2.27. The Hall–Kier alpha value is -2.28. The van der Waals surface area contributed by atoms with Gasteiger partial charge in [-0.05, 0) is 34.4 Å². The van der Waals surface area contributed by atoms with E-state index in [2.05, 4.69) is 66.0 Å². The minimum atomic E-state index is 1.02. The predicted molar refractivity (Wildman–Crippen MR) is 79.4 cm³/mol. The highest BCUT2D eigenvalue weighted by Gasteiger charge is 2.16. The van der Waals surface area contributed by atoms with E-state index in [-0.39, 0.29) is 0 Å². The van der Waals surface area contributed by atoms with Gasteiger partial charge in [-0.1, -0.05) is 48.5 Å². The van der Waals surface area contributed by atoms with Crippen LogP contribution in [0.2, 0.25) is 0 Å². The summed E-state index contributed by atoms with van der Waals surface area (Å²) in [5.74, 6) is 0. The molecule has 0 aromatic heterocycles. The van der Waals surface area contributed by atoms with Crippen molar-refractivity contribution in [3.05, 3.63) is 82.2 Å². The van der Waals surface area contributed by atoms with Crippen LogP contribution in [0.25, 0.3) is 12.2 Å². The number of fused-ring (bicyclic) bond motifs is 2. The molecule has 1 nitrogen and oxygen atoms in total. The molecule has 2 aliphatic rings. The standard InChI is InChI=1S/C18H15N/c1-2-6-14-10-17(9-13(14)5-1)19-18-11-15-7-3-4-8-16(15)12-18/h1-9,11,19H,10,12H2. The van der Waals surface area contributed by atoms with Gasteiger partial charge in [0.15, 0.2) is 0 Å². The summed E-state index contributed by atoms with van der Waals surface area (Å²) in [6, 6.07) is 17.2. The maximum Gasteiger partial charge on any atom is 0.0199 e. The third-order valence-electron chi connectivity index (χ3n) is 3.85. The summed E-state index contributed by atoms with van der Waals surface area (Å²) in [5, 5.41) is 3.59. The van der Waals surface area contributed by atoms with Crippen LogP contribution in [0.1, 0.15) is 22.3 Å². The molecule has 2 aliphatic carbocycles. The lowest BCUT2D eigenvalue weighted by atomic mass is 10.1. The van der Waals surface area contributed by atoms with Crippen LogP contribution >= 0.6 is 0 Å². The summed E-state index contributed by atoms with van der Waals surface area (Å²) in [7, 11) is 0. The summed E-state index contributed by atoms with van der Waals surface area (Å²) in [6.45, 7) is 0. The van der Waals surface area contributed by atoms with E-state index >= 15 is 0 Å². The summed E-state index contributed by atoms with van der Waals surface area (Å²) >= 11 is 0. The average Bonchev–Trinajstić information content (AvgIpc) is 3.00. The van der Waals surface area contributed by atoms with Crippen LogP contribution in [0, 0.1) is 0 Å². The smallest absolute Gasteiger partial charge is 0.0199 e. The van der Waals surface area contributed by atoms with Crippen LogP contribution in [0.4, 0.5) is 0 Å². The topological polar surface area (TPSA) is 12.0 Å². The molecule has 0 saturated heterocycles. The number of nitrogens with one attached hydrogen (secondary N) is 1. The van der Waals surface area contributed by atoms with Crippen molar-refractivity contribution in [2.24, 2.45) is 0 Å². The van der Waals surface area contributed by atoms with Crippen molar-refractivity contribution in [2.45, 2.75) is 12.8 Å². The molecule has 2 aromatic rings. The molecule has 19 heavy (non-hydrogen) atoms. The molecule has 0 fully saturated rings. The third kappa shape index (κ3) is 1.88. The fraction of sp³-hybridized carbons (Fsp3) is 0.111. The lowest BCUT2D eigenvalue weighted by Crippen LogP contribution is -2.12. The van der Waals surface area contributed by atoms with Gasteiger partial charge in [0, 0.05) is 24.2 Å². The maximum atomic E-state index is 3.59. The molecule has 1 N–H and O–H groups in total. The molecule has 0 saturated carbocycles. The Morgan fingerprint density at radius 3 is 1.58 bits per heavy atom. The normalized spacial score (nSPS) is 15.6. The van der Waals surface area contributed by atoms with E-state index in [1.54, 1.807) is 0 Å². The van der Waals surface area contributed by atoms with Crippen molar-refractivity contribution in [3.63, 3.8) is 0 Å². The molecule has 2 aromatic carbocycles. The molecule has 0 spiro atoms. The lowest BCUT2D eigenvalue weighted by Gasteiger charge is -2.07. The first-order valence-electron chi connectivity index (χ1n) is 6.72. The van der Waals surface area contributed by atoms with Gasteiger partial charge in [-0.3, -0.25) is 0 Å². The van der Waals surface area contributed by atoms with Crippen LogP contribution in [-0.4, -0.2) is 0 Å². The van der Waals surface area contributed by atoms with E-state index in [1.807, 2.05) is 0 Å². The highest BCUT2D eigenvalue weighted by atomic mass is 14.9. The van der Waals surface area contributed by atoms with E-state index in [0.717, 1.165) is 12.8 Å². The summed E-state index contributed by atoms with van der Waals surface area (Å²) in [6.07, 6.45) is 6.56. The first-order valence-corrected chi connectivity index (χ1v) is 6.72. The Morgan fingerprint density at radius 2 is 1.11 bits per heavy atom. The van der Waals surface area contributed by atoms with E-state index in [9.17, 15) is 0 Å². The fourth-order valence-electron chi connectivity index (χ4n) is 2.93. The quantitative estimate of drug-likeness (QED) is 0.849. The molecule has 0 atom stereocenters. The summed E-state index contributed by atoms with van der Waals surface area (Å²) < 4.78 is 0.